The number of carbonyl (C=O) groups excluding carboxylic acids is 2. The third kappa shape index (κ3) is 3.03. The van der Waals surface area contributed by atoms with Gasteiger partial charge < -0.3 is 5.32 Å². The first kappa shape index (κ1) is 16.2. The van der Waals surface area contributed by atoms with Crippen molar-refractivity contribution in [2.75, 3.05) is 13.6 Å². The van der Waals surface area contributed by atoms with Gasteiger partial charge in [0.1, 0.15) is 0 Å². The lowest BCUT2D eigenvalue weighted by Gasteiger charge is -2.17. The number of likely N-dealkylation sites (N-methyl/N-ethyl adjacent to an activating group) is 1. The van der Waals surface area contributed by atoms with Crippen molar-refractivity contribution in [1.82, 2.24) is 10.2 Å². The summed E-state index contributed by atoms with van der Waals surface area (Å²) in [6, 6.07) is 14.0. The highest BCUT2D eigenvalue weighted by molar-refractivity contribution is 7.25. The van der Waals surface area contributed by atoms with E-state index in [0.717, 1.165) is 10.9 Å². The van der Waals surface area contributed by atoms with Crippen LogP contribution in [0.1, 0.15) is 12.5 Å². The molecule has 0 saturated heterocycles. The Hall–Kier alpha value is -2.66. The van der Waals surface area contributed by atoms with Crippen molar-refractivity contribution < 1.29 is 9.59 Å². The maximum atomic E-state index is 11.9. The van der Waals surface area contributed by atoms with Crippen molar-refractivity contribution in [3.05, 3.63) is 53.7 Å². The van der Waals surface area contributed by atoms with Crippen molar-refractivity contribution in [2.45, 2.75) is 6.92 Å². The molecule has 0 saturated carbocycles. The first-order chi connectivity index (χ1) is 11.6. The Morgan fingerprint density at radius 2 is 1.92 bits per heavy atom. The minimum atomic E-state index is -0.294. The third-order valence-electron chi connectivity index (χ3n) is 3.86. The lowest BCUT2D eigenvalue weighted by Crippen LogP contribution is -2.36. The molecule has 0 atom stereocenters. The minimum Gasteiger partial charge on any atom is -0.338 e. The number of hydrogen-bond donors (Lipinski definition) is 1. The molecule has 1 N–H and O–H groups in total. The molecule has 1 aromatic heterocycles. The summed E-state index contributed by atoms with van der Waals surface area (Å²) in [4.78, 5) is 24.6. The molecule has 3 aromatic rings. The number of urea groups is 1. The van der Waals surface area contributed by atoms with Gasteiger partial charge in [0.15, 0.2) is 6.29 Å². The first-order valence-electron chi connectivity index (χ1n) is 7.73. The fourth-order valence-electron chi connectivity index (χ4n) is 2.60. The van der Waals surface area contributed by atoms with E-state index in [1.165, 1.54) is 19.7 Å². The molecule has 0 spiro atoms. The van der Waals surface area contributed by atoms with Gasteiger partial charge in [-0.05, 0) is 36.8 Å². The van der Waals surface area contributed by atoms with Crippen LogP contribution in [0.3, 0.4) is 0 Å². The van der Waals surface area contributed by atoms with Crippen LogP contribution in [0.15, 0.2) is 48.2 Å². The first-order valence-corrected chi connectivity index (χ1v) is 8.55. The molecule has 3 rings (SSSR count). The second-order valence-electron chi connectivity index (χ2n) is 5.44. The number of hydrogen-bond acceptors (Lipinski definition) is 3. The average Bonchev–Trinajstić information content (AvgIpc) is 2.97. The van der Waals surface area contributed by atoms with E-state index in [4.69, 9.17) is 0 Å². The van der Waals surface area contributed by atoms with Crippen LogP contribution in [0.2, 0.25) is 0 Å². The topological polar surface area (TPSA) is 49.4 Å². The van der Waals surface area contributed by atoms with Crippen molar-refractivity contribution in [1.29, 1.82) is 0 Å². The normalized spacial score (nSPS) is 11.7. The van der Waals surface area contributed by atoms with Crippen LogP contribution >= 0.6 is 11.3 Å². The van der Waals surface area contributed by atoms with Gasteiger partial charge in [-0.1, -0.05) is 24.3 Å². The Kier molecular flexibility index (Phi) is 4.62. The number of aldehydes is 1. The molecule has 4 nitrogen and oxygen atoms in total. The molecule has 0 aliphatic rings. The molecule has 24 heavy (non-hydrogen) atoms. The molecular formula is C19H18N2O2S. The zero-order valence-corrected chi connectivity index (χ0v) is 14.4. The molecule has 2 aromatic carbocycles. The quantitative estimate of drug-likeness (QED) is 0.571. The van der Waals surface area contributed by atoms with Gasteiger partial charge in [-0.3, -0.25) is 9.69 Å². The molecule has 122 valence electrons. The monoisotopic (exact) mass is 338 g/mol. The van der Waals surface area contributed by atoms with Gasteiger partial charge in [-0.15, -0.1) is 11.3 Å². The summed E-state index contributed by atoms with van der Waals surface area (Å²) in [6.45, 7) is 2.35. The summed E-state index contributed by atoms with van der Waals surface area (Å²) in [7, 11) is 1.59. The maximum absolute atomic E-state index is 11.9. The lowest BCUT2D eigenvalue weighted by atomic mass is 10.1. The van der Waals surface area contributed by atoms with Crippen LogP contribution in [0.4, 0.5) is 4.79 Å². The Bertz CT molecular complexity index is 943. The molecule has 0 bridgehead atoms. The van der Waals surface area contributed by atoms with E-state index >= 15 is 0 Å². The highest BCUT2D eigenvalue weighted by atomic mass is 32.1. The van der Waals surface area contributed by atoms with Crippen LogP contribution in [0.25, 0.3) is 26.2 Å². The van der Waals surface area contributed by atoms with Gasteiger partial charge in [0, 0.05) is 33.8 Å². The lowest BCUT2D eigenvalue weighted by molar-refractivity contribution is -0.105. The number of nitrogens with zero attached hydrogens (tertiary/aromatic N) is 1. The van der Waals surface area contributed by atoms with E-state index in [0.29, 0.717) is 18.5 Å². The standard InChI is InChI=1S/C19H18N2O2S/c1-3-20-19(23)21(2)14(12-22)10-13-8-9-18-16(11-13)15-6-4-5-7-17(15)24-18/h4-12H,3H2,1-2H3,(H,20,23)/b14-10+. The summed E-state index contributed by atoms with van der Waals surface area (Å²) < 4.78 is 2.45. The number of thiophene rings is 1. The fourth-order valence-corrected chi connectivity index (χ4v) is 3.69. The molecule has 0 radical (unpaired) electrons. The zero-order chi connectivity index (χ0) is 17.1. The predicted molar refractivity (Wildman–Crippen MR) is 100 cm³/mol. The molecule has 0 aliphatic heterocycles. The predicted octanol–water partition coefficient (Wildman–Crippen LogP) is 4.26. The largest absolute Gasteiger partial charge is 0.338 e. The Morgan fingerprint density at radius 1 is 1.17 bits per heavy atom. The van der Waals surface area contributed by atoms with E-state index in [1.807, 2.05) is 25.1 Å². The molecule has 0 fully saturated rings. The molecule has 0 aliphatic carbocycles. The molecule has 1 heterocycles. The van der Waals surface area contributed by atoms with Crippen molar-refractivity contribution >= 4 is 49.9 Å². The van der Waals surface area contributed by atoms with Crippen molar-refractivity contribution in [3.8, 4) is 0 Å². The number of nitrogens with one attached hydrogen (secondary N) is 1. The Morgan fingerprint density at radius 3 is 2.67 bits per heavy atom. The van der Waals surface area contributed by atoms with Gasteiger partial charge in [0.25, 0.3) is 0 Å². The van der Waals surface area contributed by atoms with Gasteiger partial charge in [0.05, 0.1) is 5.70 Å². The average molecular weight is 338 g/mol. The number of allylic oxidation sites excluding steroid dienone is 1. The number of amides is 2. The fraction of sp³-hybridized carbons (Fsp3) is 0.158. The van der Waals surface area contributed by atoms with Crippen molar-refractivity contribution in [3.63, 3.8) is 0 Å². The number of benzene rings is 2. The number of carbonyl (C=O) groups is 2. The summed E-state index contributed by atoms with van der Waals surface area (Å²) in [5.41, 5.74) is 1.21. The van der Waals surface area contributed by atoms with Crippen LogP contribution in [-0.4, -0.2) is 30.8 Å². The highest BCUT2D eigenvalue weighted by Gasteiger charge is 2.12. The van der Waals surface area contributed by atoms with Crippen LogP contribution < -0.4 is 5.32 Å². The summed E-state index contributed by atoms with van der Waals surface area (Å²) in [6.07, 6.45) is 2.43. The van der Waals surface area contributed by atoms with Gasteiger partial charge in [-0.2, -0.15) is 0 Å². The van der Waals surface area contributed by atoms with Gasteiger partial charge >= 0.3 is 6.03 Å². The Labute approximate surface area is 144 Å². The minimum absolute atomic E-state index is 0.294. The van der Waals surface area contributed by atoms with E-state index in [9.17, 15) is 9.59 Å². The number of fused-ring (bicyclic) bond motifs is 3. The second-order valence-corrected chi connectivity index (χ2v) is 6.52. The summed E-state index contributed by atoms with van der Waals surface area (Å²) >= 11 is 1.75. The van der Waals surface area contributed by atoms with Crippen LogP contribution in [0, 0.1) is 0 Å². The van der Waals surface area contributed by atoms with Crippen LogP contribution in [-0.2, 0) is 4.79 Å². The Balaban J connectivity index is 2.02. The summed E-state index contributed by atoms with van der Waals surface area (Å²) in [5.74, 6) is 0. The maximum Gasteiger partial charge on any atom is 0.321 e. The smallest absolute Gasteiger partial charge is 0.321 e. The van der Waals surface area contributed by atoms with E-state index in [1.54, 1.807) is 24.5 Å². The van der Waals surface area contributed by atoms with Gasteiger partial charge in [-0.25, -0.2) is 4.79 Å². The van der Waals surface area contributed by atoms with E-state index < -0.39 is 0 Å². The van der Waals surface area contributed by atoms with E-state index in [-0.39, 0.29) is 6.03 Å². The van der Waals surface area contributed by atoms with E-state index in [2.05, 4.69) is 29.6 Å². The second kappa shape index (κ2) is 6.84. The SMILES string of the molecule is CCNC(=O)N(C)/C(C=O)=C/c1ccc2sc3ccccc3c2c1. The number of rotatable bonds is 4. The molecule has 5 heteroatoms. The van der Waals surface area contributed by atoms with Gasteiger partial charge in [0.2, 0.25) is 0 Å². The third-order valence-corrected chi connectivity index (χ3v) is 5.01. The molecular weight excluding hydrogens is 320 g/mol. The molecule has 0 unspecified atom stereocenters. The summed E-state index contributed by atoms with van der Waals surface area (Å²) in [5, 5.41) is 5.05. The van der Waals surface area contributed by atoms with Crippen LogP contribution in [0.5, 0.6) is 0 Å². The highest BCUT2D eigenvalue weighted by Crippen LogP contribution is 2.34. The molecule has 2 amide bonds. The van der Waals surface area contributed by atoms with Crippen molar-refractivity contribution in [2.24, 2.45) is 0 Å². The zero-order valence-electron chi connectivity index (χ0n) is 13.6.